The van der Waals surface area contributed by atoms with Gasteiger partial charge in [-0.1, -0.05) is 30.3 Å². The summed E-state index contributed by atoms with van der Waals surface area (Å²) in [5.41, 5.74) is 4.05. The van der Waals surface area contributed by atoms with Crippen molar-refractivity contribution in [2.24, 2.45) is 5.10 Å². The number of anilines is 1. The number of nitrogens with zero attached hydrogens (tertiary/aromatic N) is 3. The molecule has 0 aliphatic rings. The van der Waals surface area contributed by atoms with Crippen molar-refractivity contribution in [3.8, 4) is 22.8 Å². The lowest BCUT2D eigenvalue weighted by Crippen LogP contribution is -2.15. The van der Waals surface area contributed by atoms with Crippen molar-refractivity contribution in [2.45, 2.75) is 20.0 Å². The molecule has 3 aromatic rings. The summed E-state index contributed by atoms with van der Waals surface area (Å²) in [6.45, 7) is 3.90. The fourth-order valence-electron chi connectivity index (χ4n) is 2.46. The molecule has 3 rings (SSSR count). The lowest BCUT2D eigenvalue weighted by Gasteiger charge is -2.13. The molecule has 0 spiro atoms. The molecule has 8 nitrogen and oxygen atoms in total. The molecule has 0 saturated heterocycles. The fourth-order valence-corrected chi connectivity index (χ4v) is 2.46. The summed E-state index contributed by atoms with van der Waals surface area (Å²) in [7, 11) is 1.58. The van der Waals surface area contributed by atoms with Crippen LogP contribution in [0, 0.1) is 0 Å². The van der Waals surface area contributed by atoms with E-state index in [2.05, 4.69) is 25.7 Å². The number of ether oxygens (including phenoxy) is 2. The number of hydrazone groups is 1. The first kappa shape index (κ1) is 19.1. The van der Waals surface area contributed by atoms with Gasteiger partial charge in [-0.3, -0.25) is 9.78 Å². The monoisotopic (exact) mass is 379 g/mol. The van der Waals surface area contributed by atoms with Crippen LogP contribution in [-0.2, 0) is 0 Å². The molecule has 0 aliphatic heterocycles. The van der Waals surface area contributed by atoms with Crippen molar-refractivity contribution in [3.05, 3.63) is 64.4 Å². The number of aromatic nitrogens is 3. The predicted octanol–water partition coefficient (Wildman–Crippen LogP) is 3.07. The zero-order chi connectivity index (χ0) is 19.9. The number of aromatic amines is 1. The fraction of sp³-hybridized carbons (Fsp3) is 0.200. The van der Waals surface area contributed by atoms with Gasteiger partial charge in [0.2, 0.25) is 5.95 Å². The predicted molar refractivity (Wildman–Crippen MR) is 108 cm³/mol. The minimum atomic E-state index is -0.351. The van der Waals surface area contributed by atoms with Crippen molar-refractivity contribution >= 4 is 12.2 Å². The molecule has 0 radical (unpaired) electrons. The average Bonchev–Trinajstić information content (AvgIpc) is 2.69. The van der Waals surface area contributed by atoms with Crippen LogP contribution in [0.5, 0.6) is 11.5 Å². The van der Waals surface area contributed by atoms with Crippen LogP contribution >= 0.6 is 0 Å². The second-order valence-corrected chi connectivity index (χ2v) is 6.16. The molecular weight excluding hydrogens is 358 g/mol. The van der Waals surface area contributed by atoms with E-state index in [1.54, 1.807) is 31.5 Å². The van der Waals surface area contributed by atoms with Gasteiger partial charge in [-0.15, -0.1) is 10.2 Å². The Balaban J connectivity index is 1.71. The first-order valence-electron chi connectivity index (χ1n) is 8.73. The van der Waals surface area contributed by atoms with E-state index in [0.717, 1.165) is 5.56 Å². The standard InChI is InChI=1S/C20H21N5O3/c1-13(2)28-16-10-9-14(11-17(16)27-3)12-21-24-20-22-19(26)18(23-25-20)15-7-5-4-6-8-15/h4-13H,1-3H3,(H2,22,24,25,26)/b21-12+. The second-order valence-electron chi connectivity index (χ2n) is 6.16. The summed E-state index contributed by atoms with van der Waals surface area (Å²) in [5, 5.41) is 12.0. The highest BCUT2D eigenvalue weighted by molar-refractivity contribution is 5.81. The molecule has 1 heterocycles. The lowest BCUT2D eigenvalue weighted by molar-refractivity contribution is 0.230. The van der Waals surface area contributed by atoms with Crippen molar-refractivity contribution < 1.29 is 9.47 Å². The summed E-state index contributed by atoms with van der Waals surface area (Å²) in [5.74, 6) is 1.42. The van der Waals surface area contributed by atoms with Crippen molar-refractivity contribution in [1.29, 1.82) is 0 Å². The molecule has 0 atom stereocenters. The smallest absolute Gasteiger partial charge is 0.279 e. The van der Waals surface area contributed by atoms with Gasteiger partial charge in [-0.05, 0) is 37.6 Å². The van der Waals surface area contributed by atoms with Gasteiger partial charge in [0.15, 0.2) is 17.2 Å². The normalized spacial score (nSPS) is 11.0. The van der Waals surface area contributed by atoms with E-state index < -0.39 is 0 Å². The zero-order valence-corrected chi connectivity index (χ0v) is 15.8. The number of methoxy groups -OCH3 is 1. The molecule has 0 fully saturated rings. The molecule has 0 saturated carbocycles. The Kier molecular flexibility index (Phi) is 6.01. The molecule has 0 amide bonds. The van der Waals surface area contributed by atoms with Crippen molar-refractivity contribution in [2.75, 3.05) is 12.5 Å². The zero-order valence-electron chi connectivity index (χ0n) is 15.8. The average molecular weight is 379 g/mol. The molecule has 0 unspecified atom stereocenters. The third kappa shape index (κ3) is 4.73. The maximum atomic E-state index is 12.2. The number of hydrogen-bond acceptors (Lipinski definition) is 7. The molecule has 144 valence electrons. The Hall–Kier alpha value is -3.68. The SMILES string of the molecule is COc1cc(/C=N/Nc2nnc(-c3ccccc3)c(=O)[nH]2)ccc1OC(C)C. The summed E-state index contributed by atoms with van der Waals surface area (Å²) in [6, 6.07) is 14.6. The van der Waals surface area contributed by atoms with E-state index in [9.17, 15) is 4.79 Å². The Labute approximate surface area is 162 Å². The highest BCUT2D eigenvalue weighted by Gasteiger charge is 2.08. The van der Waals surface area contributed by atoms with Gasteiger partial charge < -0.3 is 9.47 Å². The lowest BCUT2D eigenvalue weighted by atomic mass is 10.2. The Morgan fingerprint density at radius 2 is 1.89 bits per heavy atom. The molecule has 28 heavy (non-hydrogen) atoms. The van der Waals surface area contributed by atoms with Crippen LogP contribution in [0.2, 0.25) is 0 Å². The van der Waals surface area contributed by atoms with Gasteiger partial charge in [-0.2, -0.15) is 5.10 Å². The second kappa shape index (κ2) is 8.81. The van der Waals surface area contributed by atoms with Crippen LogP contribution in [0.3, 0.4) is 0 Å². The summed E-state index contributed by atoms with van der Waals surface area (Å²) >= 11 is 0. The van der Waals surface area contributed by atoms with E-state index in [4.69, 9.17) is 9.47 Å². The van der Waals surface area contributed by atoms with E-state index in [0.29, 0.717) is 17.1 Å². The number of hydrogen-bond donors (Lipinski definition) is 2. The van der Waals surface area contributed by atoms with Gasteiger partial charge in [0, 0.05) is 5.56 Å². The van der Waals surface area contributed by atoms with E-state index in [1.807, 2.05) is 44.2 Å². The van der Waals surface area contributed by atoms with Gasteiger partial charge in [-0.25, -0.2) is 5.43 Å². The summed E-state index contributed by atoms with van der Waals surface area (Å²) in [6.07, 6.45) is 1.62. The van der Waals surface area contributed by atoms with Crippen molar-refractivity contribution in [3.63, 3.8) is 0 Å². The highest BCUT2D eigenvalue weighted by atomic mass is 16.5. The molecule has 2 N–H and O–H groups in total. The molecule has 8 heteroatoms. The summed E-state index contributed by atoms with van der Waals surface area (Å²) < 4.78 is 11.0. The first-order valence-corrected chi connectivity index (χ1v) is 8.73. The number of nitrogens with one attached hydrogen (secondary N) is 2. The Bertz CT molecular complexity index is 1020. The first-order chi connectivity index (χ1) is 13.6. The van der Waals surface area contributed by atoms with E-state index in [-0.39, 0.29) is 23.3 Å². The van der Waals surface area contributed by atoms with Gasteiger partial charge in [0.25, 0.3) is 5.56 Å². The van der Waals surface area contributed by atoms with Crippen LogP contribution in [0.25, 0.3) is 11.3 Å². The molecule has 1 aromatic heterocycles. The van der Waals surface area contributed by atoms with Gasteiger partial charge >= 0.3 is 0 Å². The molecule has 2 aromatic carbocycles. The van der Waals surface area contributed by atoms with Gasteiger partial charge in [0.1, 0.15) is 0 Å². The van der Waals surface area contributed by atoms with Crippen LogP contribution in [0.15, 0.2) is 58.4 Å². The Morgan fingerprint density at radius 3 is 2.57 bits per heavy atom. The van der Waals surface area contributed by atoms with E-state index >= 15 is 0 Å². The van der Waals surface area contributed by atoms with E-state index in [1.165, 1.54) is 0 Å². The maximum Gasteiger partial charge on any atom is 0.279 e. The quantitative estimate of drug-likeness (QED) is 0.483. The maximum absolute atomic E-state index is 12.2. The highest BCUT2D eigenvalue weighted by Crippen LogP contribution is 2.28. The Morgan fingerprint density at radius 1 is 1.11 bits per heavy atom. The van der Waals surface area contributed by atoms with Crippen LogP contribution in [0.4, 0.5) is 5.95 Å². The summed E-state index contributed by atoms with van der Waals surface area (Å²) in [4.78, 5) is 14.8. The number of benzene rings is 2. The third-order valence-electron chi connectivity index (χ3n) is 3.68. The number of rotatable bonds is 7. The molecular formula is C20H21N5O3. The topological polar surface area (TPSA) is 101 Å². The minimum Gasteiger partial charge on any atom is -0.493 e. The van der Waals surface area contributed by atoms with Crippen LogP contribution < -0.4 is 20.5 Å². The van der Waals surface area contributed by atoms with Crippen LogP contribution in [0.1, 0.15) is 19.4 Å². The largest absolute Gasteiger partial charge is 0.493 e. The molecule has 0 aliphatic carbocycles. The van der Waals surface area contributed by atoms with Crippen molar-refractivity contribution in [1.82, 2.24) is 15.2 Å². The van der Waals surface area contributed by atoms with Gasteiger partial charge in [0.05, 0.1) is 19.4 Å². The van der Waals surface area contributed by atoms with Crippen LogP contribution in [-0.4, -0.2) is 34.6 Å². The number of H-pyrrole nitrogens is 1. The molecule has 0 bridgehead atoms. The minimum absolute atomic E-state index is 0.0457. The third-order valence-corrected chi connectivity index (χ3v) is 3.68.